The Morgan fingerprint density at radius 2 is 1.81 bits per heavy atom. The molecule has 26 heavy (non-hydrogen) atoms. The SMILES string of the molecule is NCCN1CC(O)Cn2nc(-c3ccc(Cl)cc3)c(-c3ccncc3)c21. The maximum Gasteiger partial charge on any atom is 0.135 e. The number of benzene rings is 1. The quantitative estimate of drug-likeness (QED) is 0.738. The van der Waals surface area contributed by atoms with Gasteiger partial charge in [-0.25, -0.2) is 4.68 Å². The van der Waals surface area contributed by atoms with Crippen molar-refractivity contribution in [3.8, 4) is 22.4 Å². The van der Waals surface area contributed by atoms with Crippen LogP contribution in [0, 0.1) is 0 Å². The van der Waals surface area contributed by atoms with Crippen LogP contribution in [-0.2, 0) is 6.54 Å². The summed E-state index contributed by atoms with van der Waals surface area (Å²) in [6.45, 7) is 2.16. The molecule has 0 spiro atoms. The summed E-state index contributed by atoms with van der Waals surface area (Å²) >= 11 is 6.05. The minimum atomic E-state index is -0.475. The Bertz CT molecular complexity index is 894. The van der Waals surface area contributed by atoms with Crippen LogP contribution in [0.15, 0.2) is 48.8 Å². The minimum absolute atomic E-state index is 0.460. The molecule has 3 heterocycles. The standard InChI is InChI=1S/C19H20ClN5O/c20-15-3-1-14(2-4-15)18-17(13-5-8-22-9-6-13)19-24(10-7-21)11-16(26)12-25(19)23-18/h1-6,8-9,16,26H,7,10-12,21H2. The number of halogens is 1. The summed E-state index contributed by atoms with van der Waals surface area (Å²) in [5.74, 6) is 0.983. The van der Waals surface area contributed by atoms with E-state index in [1.807, 2.05) is 41.1 Å². The average molecular weight is 370 g/mol. The number of aliphatic hydroxyl groups excluding tert-OH is 1. The van der Waals surface area contributed by atoms with Gasteiger partial charge in [0.15, 0.2) is 0 Å². The highest BCUT2D eigenvalue weighted by Crippen LogP contribution is 2.41. The lowest BCUT2D eigenvalue weighted by Crippen LogP contribution is -2.43. The Balaban J connectivity index is 1.94. The molecule has 0 amide bonds. The van der Waals surface area contributed by atoms with Crippen molar-refractivity contribution in [1.82, 2.24) is 14.8 Å². The second-order valence-electron chi connectivity index (χ2n) is 6.36. The molecule has 0 aliphatic carbocycles. The fourth-order valence-electron chi connectivity index (χ4n) is 3.45. The van der Waals surface area contributed by atoms with E-state index in [9.17, 15) is 5.11 Å². The Labute approximate surface area is 156 Å². The summed E-state index contributed by atoms with van der Waals surface area (Å²) in [5, 5.41) is 15.8. The van der Waals surface area contributed by atoms with E-state index in [2.05, 4.69) is 9.88 Å². The van der Waals surface area contributed by atoms with Crippen molar-refractivity contribution >= 4 is 17.4 Å². The van der Waals surface area contributed by atoms with Crippen molar-refractivity contribution in [2.24, 2.45) is 5.73 Å². The molecule has 0 saturated heterocycles. The van der Waals surface area contributed by atoms with Crippen LogP contribution in [0.1, 0.15) is 0 Å². The average Bonchev–Trinajstić information content (AvgIpc) is 3.02. The molecule has 4 rings (SSSR count). The van der Waals surface area contributed by atoms with Gasteiger partial charge in [-0.3, -0.25) is 4.98 Å². The van der Waals surface area contributed by atoms with Gasteiger partial charge in [-0.15, -0.1) is 0 Å². The molecule has 0 bridgehead atoms. The van der Waals surface area contributed by atoms with Gasteiger partial charge in [-0.2, -0.15) is 5.10 Å². The van der Waals surface area contributed by atoms with Crippen molar-refractivity contribution < 1.29 is 5.11 Å². The first-order chi connectivity index (χ1) is 12.7. The smallest absolute Gasteiger partial charge is 0.135 e. The van der Waals surface area contributed by atoms with E-state index in [1.165, 1.54) is 0 Å². The third kappa shape index (κ3) is 3.07. The lowest BCUT2D eigenvalue weighted by atomic mass is 10.0. The van der Waals surface area contributed by atoms with E-state index in [0.717, 1.165) is 28.2 Å². The fourth-order valence-corrected chi connectivity index (χ4v) is 3.57. The molecule has 1 aliphatic heterocycles. The molecule has 0 saturated carbocycles. The molecule has 1 aliphatic rings. The van der Waals surface area contributed by atoms with Gasteiger partial charge >= 0.3 is 0 Å². The van der Waals surface area contributed by atoms with Crippen molar-refractivity contribution in [1.29, 1.82) is 0 Å². The highest BCUT2D eigenvalue weighted by atomic mass is 35.5. The van der Waals surface area contributed by atoms with Gasteiger partial charge in [0.25, 0.3) is 0 Å². The predicted molar refractivity (Wildman–Crippen MR) is 103 cm³/mol. The number of β-amino-alcohol motifs (C(OH)–C–C–N with tert-alkyl or cyclic N) is 1. The first-order valence-corrected chi connectivity index (χ1v) is 8.95. The normalized spacial score (nSPS) is 16.6. The number of anilines is 1. The van der Waals surface area contributed by atoms with Crippen LogP contribution in [0.25, 0.3) is 22.4 Å². The summed E-state index contributed by atoms with van der Waals surface area (Å²) < 4.78 is 1.88. The zero-order valence-corrected chi connectivity index (χ0v) is 15.0. The van der Waals surface area contributed by atoms with Crippen molar-refractivity contribution in [3.63, 3.8) is 0 Å². The largest absolute Gasteiger partial charge is 0.389 e. The maximum absolute atomic E-state index is 10.3. The molecule has 1 aromatic carbocycles. The third-order valence-electron chi connectivity index (χ3n) is 4.53. The van der Waals surface area contributed by atoms with Crippen molar-refractivity contribution in [2.45, 2.75) is 12.6 Å². The van der Waals surface area contributed by atoms with E-state index in [1.54, 1.807) is 12.4 Å². The zero-order valence-electron chi connectivity index (χ0n) is 14.2. The van der Waals surface area contributed by atoms with E-state index < -0.39 is 6.10 Å². The molecular formula is C19H20ClN5O. The number of hydrogen-bond acceptors (Lipinski definition) is 5. The number of hydrogen-bond donors (Lipinski definition) is 2. The topological polar surface area (TPSA) is 80.2 Å². The molecule has 1 unspecified atom stereocenters. The molecular weight excluding hydrogens is 350 g/mol. The van der Waals surface area contributed by atoms with Gasteiger partial charge in [0.05, 0.1) is 18.2 Å². The van der Waals surface area contributed by atoms with Crippen LogP contribution in [0.4, 0.5) is 5.82 Å². The van der Waals surface area contributed by atoms with Crippen LogP contribution in [0.3, 0.4) is 0 Å². The molecule has 134 valence electrons. The maximum atomic E-state index is 10.3. The van der Waals surface area contributed by atoms with Gasteiger partial charge < -0.3 is 15.7 Å². The lowest BCUT2D eigenvalue weighted by molar-refractivity contribution is 0.144. The summed E-state index contributed by atoms with van der Waals surface area (Å²) in [7, 11) is 0. The Kier molecular flexibility index (Phi) is 4.63. The van der Waals surface area contributed by atoms with Gasteiger partial charge in [0.2, 0.25) is 0 Å². The van der Waals surface area contributed by atoms with Gasteiger partial charge in [0, 0.05) is 42.6 Å². The second kappa shape index (κ2) is 7.07. The number of nitrogens with zero attached hydrogens (tertiary/aromatic N) is 4. The molecule has 3 aromatic rings. The number of nitrogens with two attached hydrogens (primary N) is 1. The Morgan fingerprint density at radius 3 is 2.50 bits per heavy atom. The van der Waals surface area contributed by atoms with Crippen LogP contribution < -0.4 is 10.6 Å². The molecule has 0 radical (unpaired) electrons. The van der Waals surface area contributed by atoms with Crippen LogP contribution in [0.5, 0.6) is 0 Å². The van der Waals surface area contributed by atoms with Crippen LogP contribution >= 0.6 is 11.6 Å². The summed E-state index contributed by atoms with van der Waals surface area (Å²) in [6.07, 6.45) is 3.07. The number of fused-ring (bicyclic) bond motifs is 1. The number of aliphatic hydroxyl groups is 1. The monoisotopic (exact) mass is 369 g/mol. The third-order valence-corrected chi connectivity index (χ3v) is 4.78. The summed E-state index contributed by atoms with van der Waals surface area (Å²) in [6, 6.07) is 11.6. The molecule has 0 fully saturated rings. The van der Waals surface area contributed by atoms with Gasteiger partial charge in [0.1, 0.15) is 11.5 Å². The number of pyridine rings is 1. The first kappa shape index (κ1) is 17.0. The van der Waals surface area contributed by atoms with Gasteiger partial charge in [-0.05, 0) is 29.8 Å². The Hall–Kier alpha value is -2.41. The number of aromatic nitrogens is 3. The minimum Gasteiger partial charge on any atom is -0.389 e. The van der Waals surface area contributed by atoms with Crippen LogP contribution in [-0.4, -0.2) is 45.6 Å². The first-order valence-electron chi connectivity index (χ1n) is 8.57. The molecule has 3 N–H and O–H groups in total. The van der Waals surface area contributed by atoms with E-state index in [4.69, 9.17) is 22.4 Å². The summed E-state index contributed by atoms with van der Waals surface area (Å²) in [4.78, 5) is 6.24. The van der Waals surface area contributed by atoms with E-state index in [-0.39, 0.29) is 0 Å². The lowest BCUT2D eigenvalue weighted by Gasteiger charge is -2.33. The second-order valence-corrected chi connectivity index (χ2v) is 6.80. The Morgan fingerprint density at radius 1 is 1.08 bits per heavy atom. The molecule has 7 heteroatoms. The molecule has 2 aromatic heterocycles. The predicted octanol–water partition coefficient (Wildman–Crippen LogP) is 2.41. The zero-order chi connectivity index (χ0) is 18.1. The van der Waals surface area contributed by atoms with E-state index in [0.29, 0.717) is 31.2 Å². The highest BCUT2D eigenvalue weighted by molar-refractivity contribution is 6.30. The number of rotatable bonds is 4. The highest BCUT2D eigenvalue weighted by Gasteiger charge is 2.30. The van der Waals surface area contributed by atoms with Crippen molar-refractivity contribution in [2.75, 3.05) is 24.5 Å². The fraction of sp³-hybridized carbons (Fsp3) is 0.263. The molecule has 1 atom stereocenters. The van der Waals surface area contributed by atoms with Crippen molar-refractivity contribution in [3.05, 3.63) is 53.8 Å². The van der Waals surface area contributed by atoms with Crippen LogP contribution in [0.2, 0.25) is 5.02 Å². The van der Waals surface area contributed by atoms with E-state index >= 15 is 0 Å². The summed E-state index contributed by atoms with van der Waals surface area (Å²) in [5.41, 5.74) is 9.70. The van der Waals surface area contributed by atoms with Gasteiger partial charge in [-0.1, -0.05) is 23.7 Å². The molecule has 6 nitrogen and oxygen atoms in total.